The highest BCUT2D eigenvalue weighted by Gasteiger charge is 2.38. The molecule has 0 amide bonds. The van der Waals surface area contributed by atoms with E-state index in [1.54, 1.807) is 6.08 Å². The molecule has 2 rings (SSSR count). The van der Waals surface area contributed by atoms with Crippen molar-refractivity contribution in [2.75, 3.05) is 0 Å². The highest BCUT2D eigenvalue weighted by atomic mass is 79.9. The lowest BCUT2D eigenvalue weighted by molar-refractivity contribution is 0.00418. The minimum Gasteiger partial charge on any atom is -0.352 e. The monoisotopic (exact) mass is 412 g/mol. The van der Waals surface area contributed by atoms with Crippen LogP contribution >= 0.6 is 43.5 Å². The van der Waals surface area contributed by atoms with Crippen LogP contribution in [0.25, 0.3) is 0 Å². The third-order valence-electron chi connectivity index (χ3n) is 2.87. The molecule has 0 bridgehead atoms. The van der Waals surface area contributed by atoms with E-state index in [2.05, 4.69) is 43.4 Å². The predicted octanol–water partition coefficient (Wildman–Crippen LogP) is 2.14. The maximum atomic E-state index is 11.8. The molecule has 0 saturated carbocycles. The molecular formula is C11H11Br2ClN2O3. The maximum Gasteiger partial charge on any atom is 0.330 e. The first-order valence-corrected chi connectivity index (χ1v) is 7.65. The number of hydrogen-bond donors (Lipinski definition) is 1. The van der Waals surface area contributed by atoms with Crippen LogP contribution in [-0.2, 0) is 4.74 Å². The summed E-state index contributed by atoms with van der Waals surface area (Å²) in [6.45, 7) is 3.67. The first-order valence-electron chi connectivity index (χ1n) is 5.51. The van der Waals surface area contributed by atoms with Gasteiger partial charge in [-0.15, -0.1) is 18.2 Å². The van der Waals surface area contributed by atoms with Gasteiger partial charge in [0, 0.05) is 12.6 Å². The largest absolute Gasteiger partial charge is 0.352 e. The summed E-state index contributed by atoms with van der Waals surface area (Å²) in [4.78, 5) is 25.2. The molecule has 2 heterocycles. The van der Waals surface area contributed by atoms with Gasteiger partial charge in [-0.3, -0.25) is 14.3 Å². The summed E-state index contributed by atoms with van der Waals surface area (Å²) in [5.74, 6) is 0. The van der Waals surface area contributed by atoms with Gasteiger partial charge in [-0.2, -0.15) is 0 Å². The van der Waals surface area contributed by atoms with Crippen LogP contribution in [0.15, 0.2) is 32.9 Å². The van der Waals surface area contributed by atoms with Gasteiger partial charge in [0.15, 0.2) is 0 Å². The molecule has 1 fully saturated rings. The van der Waals surface area contributed by atoms with Crippen LogP contribution in [0.2, 0.25) is 0 Å². The van der Waals surface area contributed by atoms with Gasteiger partial charge in [-0.05, 0) is 15.9 Å². The summed E-state index contributed by atoms with van der Waals surface area (Å²) in [5.41, 5.74) is -0.991. The third-order valence-corrected chi connectivity index (χ3v) is 4.76. The molecule has 19 heavy (non-hydrogen) atoms. The van der Waals surface area contributed by atoms with Crippen molar-refractivity contribution in [2.24, 2.45) is 0 Å². The number of rotatable bonds is 3. The van der Waals surface area contributed by atoms with Crippen molar-refractivity contribution in [2.45, 2.75) is 29.0 Å². The number of halogens is 3. The van der Waals surface area contributed by atoms with Gasteiger partial charge in [0.25, 0.3) is 5.56 Å². The Morgan fingerprint density at radius 2 is 2.32 bits per heavy atom. The molecule has 5 nitrogen and oxygen atoms in total. The Hall–Kier alpha value is -0.370. The van der Waals surface area contributed by atoms with Crippen molar-refractivity contribution in [1.82, 2.24) is 9.55 Å². The number of nitrogens with zero attached hydrogens (tertiary/aromatic N) is 1. The zero-order valence-electron chi connectivity index (χ0n) is 9.68. The summed E-state index contributed by atoms with van der Waals surface area (Å²) < 4.78 is 7.35. The second-order valence-corrected chi connectivity index (χ2v) is 6.60. The van der Waals surface area contributed by atoms with Gasteiger partial charge in [0.1, 0.15) is 6.23 Å². The summed E-state index contributed by atoms with van der Waals surface area (Å²) in [6.07, 6.45) is 2.79. The minimum atomic E-state index is -0.521. The number of H-pyrrole nitrogens is 1. The van der Waals surface area contributed by atoms with Gasteiger partial charge in [-0.1, -0.05) is 22.0 Å². The highest BCUT2D eigenvalue weighted by molar-refractivity contribution is 9.10. The minimum absolute atomic E-state index is 0.0955. The van der Waals surface area contributed by atoms with Crippen LogP contribution in [0.4, 0.5) is 0 Å². The first kappa shape index (κ1) is 15.0. The normalized spacial score (nSPS) is 28.3. The van der Waals surface area contributed by atoms with Crippen molar-refractivity contribution in [3.05, 3.63) is 44.2 Å². The quantitative estimate of drug-likeness (QED) is 0.609. The topological polar surface area (TPSA) is 64.1 Å². The fourth-order valence-corrected chi connectivity index (χ4v) is 3.27. The Morgan fingerprint density at radius 1 is 1.63 bits per heavy atom. The Labute approximate surface area is 130 Å². The molecule has 1 aliphatic heterocycles. The fraction of sp³-hybridized carbons (Fsp3) is 0.455. The average molecular weight is 414 g/mol. The van der Waals surface area contributed by atoms with E-state index in [9.17, 15) is 9.59 Å². The summed E-state index contributed by atoms with van der Waals surface area (Å²) in [5, 5.41) is -0.245. The average Bonchev–Trinajstić information content (AvgIpc) is 2.75. The molecule has 0 spiro atoms. The van der Waals surface area contributed by atoms with Gasteiger partial charge in [0.05, 0.1) is 20.8 Å². The van der Waals surface area contributed by atoms with Crippen molar-refractivity contribution >= 4 is 43.5 Å². The number of hydrogen-bond acceptors (Lipinski definition) is 3. The van der Waals surface area contributed by atoms with Crippen molar-refractivity contribution in [3.8, 4) is 0 Å². The van der Waals surface area contributed by atoms with E-state index in [1.807, 2.05) is 0 Å². The van der Waals surface area contributed by atoms with E-state index in [0.717, 1.165) is 0 Å². The summed E-state index contributed by atoms with van der Waals surface area (Å²) in [6, 6.07) is 0. The molecule has 1 unspecified atom stereocenters. The van der Waals surface area contributed by atoms with Crippen LogP contribution in [0, 0.1) is 0 Å². The molecule has 0 aromatic carbocycles. The molecule has 1 saturated heterocycles. The molecule has 4 atom stereocenters. The van der Waals surface area contributed by atoms with Gasteiger partial charge in [-0.25, -0.2) is 4.79 Å². The molecule has 1 N–H and O–H groups in total. The molecule has 0 radical (unpaired) electrons. The summed E-state index contributed by atoms with van der Waals surface area (Å²) >= 11 is 12.7. The van der Waals surface area contributed by atoms with E-state index in [-0.39, 0.29) is 20.8 Å². The van der Waals surface area contributed by atoms with E-state index in [4.69, 9.17) is 16.3 Å². The standard InChI is InChI=1S/C11H11Br2ClN2O3/c1-2-5(12)9-7(14)3-8(19-9)16-4-6(13)10(17)15-11(16)18/h2,4-5,7-9H,1,3H2,(H,15,17,18)/t5?,7-,8+,9+/m0/s1. The van der Waals surface area contributed by atoms with Crippen LogP contribution in [0.5, 0.6) is 0 Å². The maximum absolute atomic E-state index is 11.8. The van der Waals surface area contributed by atoms with Crippen molar-refractivity contribution in [1.29, 1.82) is 0 Å². The number of aromatic amines is 1. The lowest BCUT2D eigenvalue weighted by atomic mass is 10.1. The fourth-order valence-electron chi connectivity index (χ4n) is 1.91. The first-order chi connectivity index (χ1) is 8.93. The second kappa shape index (κ2) is 5.95. The van der Waals surface area contributed by atoms with Crippen LogP contribution in [0.1, 0.15) is 12.6 Å². The molecule has 104 valence electrons. The predicted molar refractivity (Wildman–Crippen MR) is 80.1 cm³/mol. The highest BCUT2D eigenvalue weighted by Crippen LogP contribution is 2.35. The molecule has 0 aliphatic carbocycles. The lowest BCUT2D eigenvalue weighted by Crippen LogP contribution is -2.33. The van der Waals surface area contributed by atoms with Gasteiger partial charge >= 0.3 is 5.69 Å². The zero-order valence-corrected chi connectivity index (χ0v) is 13.6. The third kappa shape index (κ3) is 3.04. The molecular weight excluding hydrogens is 403 g/mol. The molecule has 1 aliphatic rings. The summed E-state index contributed by atoms with van der Waals surface area (Å²) in [7, 11) is 0. The second-order valence-electron chi connectivity index (χ2n) is 4.13. The van der Waals surface area contributed by atoms with E-state index in [1.165, 1.54) is 10.8 Å². The zero-order chi connectivity index (χ0) is 14.2. The number of ether oxygens (including phenoxy) is 1. The molecule has 1 aromatic rings. The van der Waals surface area contributed by atoms with E-state index >= 15 is 0 Å². The van der Waals surface area contributed by atoms with Crippen LogP contribution < -0.4 is 11.2 Å². The van der Waals surface area contributed by atoms with E-state index < -0.39 is 17.5 Å². The molecule has 8 heteroatoms. The number of aromatic nitrogens is 2. The Kier molecular flexibility index (Phi) is 4.70. The molecule has 1 aromatic heterocycles. The van der Waals surface area contributed by atoms with Crippen LogP contribution in [0.3, 0.4) is 0 Å². The van der Waals surface area contributed by atoms with E-state index in [0.29, 0.717) is 6.42 Å². The Balaban J connectivity index is 2.30. The van der Waals surface area contributed by atoms with Gasteiger partial charge in [0.2, 0.25) is 0 Å². The number of alkyl halides is 2. The smallest absolute Gasteiger partial charge is 0.330 e. The Bertz CT molecular complexity index is 600. The van der Waals surface area contributed by atoms with Crippen LogP contribution in [-0.4, -0.2) is 25.9 Å². The van der Waals surface area contributed by atoms with Crippen molar-refractivity contribution in [3.63, 3.8) is 0 Å². The van der Waals surface area contributed by atoms with Gasteiger partial charge < -0.3 is 4.74 Å². The Morgan fingerprint density at radius 3 is 2.95 bits per heavy atom. The number of nitrogens with one attached hydrogen (secondary N) is 1. The lowest BCUT2D eigenvalue weighted by Gasteiger charge is -2.18. The van der Waals surface area contributed by atoms with Crippen molar-refractivity contribution < 1.29 is 4.74 Å². The SMILES string of the molecule is C=CC(Br)[C@H]1O[C@@H](n2cc(Br)c(=O)[nH]c2=O)C[C@@H]1Cl.